The quantitative estimate of drug-likeness (QED) is 0.668. The van der Waals surface area contributed by atoms with Gasteiger partial charge in [-0.2, -0.15) is 0 Å². The number of carbonyl (C=O) groups is 2. The number of likely N-dealkylation sites (tertiary alicyclic amines) is 1. The summed E-state index contributed by atoms with van der Waals surface area (Å²) in [5.41, 5.74) is -0.483. The predicted molar refractivity (Wildman–Crippen MR) is 78.6 cm³/mol. The van der Waals surface area contributed by atoms with Gasteiger partial charge >= 0.3 is 5.97 Å². The number of nitrogens with one attached hydrogen (secondary N) is 1. The molecule has 1 aliphatic heterocycles. The number of rotatable bonds is 8. The van der Waals surface area contributed by atoms with Crippen LogP contribution in [0.3, 0.4) is 0 Å². The lowest BCUT2D eigenvalue weighted by atomic mass is 9.85. The molecule has 1 saturated heterocycles. The van der Waals surface area contributed by atoms with E-state index in [1.54, 1.807) is 0 Å². The van der Waals surface area contributed by atoms with Gasteiger partial charge in [0.1, 0.15) is 0 Å². The summed E-state index contributed by atoms with van der Waals surface area (Å²) in [6.45, 7) is 7.71. The van der Waals surface area contributed by atoms with Gasteiger partial charge in [0, 0.05) is 13.0 Å². The van der Waals surface area contributed by atoms with Crippen LogP contribution in [0.5, 0.6) is 0 Å². The molecule has 0 spiro atoms. The molecule has 0 aromatic heterocycles. The number of carbonyl (C=O) groups excluding carboxylic acids is 1. The third-order valence-corrected chi connectivity index (χ3v) is 3.69. The van der Waals surface area contributed by atoms with E-state index in [0.29, 0.717) is 6.54 Å². The second-order valence-corrected chi connectivity index (χ2v) is 6.52. The van der Waals surface area contributed by atoms with Gasteiger partial charge in [-0.3, -0.25) is 9.59 Å². The molecule has 0 aromatic rings. The number of piperidine rings is 1. The Morgan fingerprint density at radius 3 is 2.40 bits per heavy atom. The van der Waals surface area contributed by atoms with Crippen molar-refractivity contribution < 1.29 is 14.7 Å². The van der Waals surface area contributed by atoms with Gasteiger partial charge in [-0.05, 0) is 44.3 Å². The van der Waals surface area contributed by atoms with Gasteiger partial charge in [-0.25, -0.2) is 0 Å². The first-order valence-corrected chi connectivity index (χ1v) is 7.60. The number of nitrogens with zero attached hydrogens (tertiary/aromatic N) is 1. The zero-order valence-corrected chi connectivity index (χ0v) is 12.8. The molecule has 1 rings (SSSR count). The second kappa shape index (κ2) is 8.25. The molecule has 116 valence electrons. The number of hydrogen-bond acceptors (Lipinski definition) is 3. The molecule has 1 heterocycles. The maximum atomic E-state index is 11.8. The molecule has 0 bridgehead atoms. The molecule has 0 aliphatic carbocycles. The summed E-state index contributed by atoms with van der Waals surface area (Å²) >= 11 is 0. The minimum atomic E-state index is -0.854. The Hall–Kier alpha value is -1.10. The van der Waals surface area contributed by atoms with E-state index in [1.807, 2.05) is 13.8 Å². The molecule has 1 aliphatic rings. The Balaban J connectivity index is 2.11. The molecule has 0 saturated carbocycles. The summed E-state index contributed by atoms with van der Waals surface area (Å²) in [5.74, 6) is -0.900. The highest BCUT2D eigenvalue weighted by Crippen LogP contribution is 2.24. The van der Waals surface area contributed by atoms with Crippen molar-refractivity contribution in [3.63, 3.8) is 0 Å². The summed E-state index contributed by atoms with van der Waals surface area (Å²) in [5, 5.41) is 11.7. The van der Waals surface area contributed by atoms with Gasteiger partial charge in [0.05, 0.1) is 6.42 Å². The fourth-order valence-corrected chi connectivity index (χ4v) is 2.68. The van der Waals surface area contributed by atoms with Crippen LogP contribution in [-0.4, -0.2) is 48.1 Å². The van der Waals surface area contributed by atoms with Crippen molar-refractivity contribution in [2.75, 3.05) is 26.2 Å². The van der Waals surface area contributed by atoms with Gasteiger partial charge < -0.3 is 15.3 Å². The van der Waals surface area contributed by atoms with Crippen molar-refractivity contribution in [2.24, 2.45) is 5.41 Å². The van der Waals surface area contributed by atoms with E-state index < -0.39 is 11.4 Å². The minimum Gasteiger partial charge on any atom is -0.481 e. The van der Waals surface area contributed by atoms with Crippen LogP contribution in [0.25, 0.3) is 0 Å². The predicted octanol–water partition coefficient (Wildman–Crippen LogP) is 1.87. The topological polar surface area (TPSA) is 69.6 Å². The van der Waals surface area contributed by atoms with Crippen LogP contribution in [0.1, 0.15) is 52.4 Å². The Kier molecular flexibility index (Phi) is 6.99. The smallest absolute Gasteiger partial charge is 0.303 e. The third kappa shape index (κ3) is 7.48. The summed E-state index contributed by atoms with van der Waals surface area (Å²) < 4.78 is 0. The highest BCUT2D eigenvalue weighted by atomic mass is 16.4. The minimum absolute atomic E-state index is 0.0220. The summed E-state index contributed by atoms with van der Waals surface area (Å²) in [6, 6.07) is 0. The van der Waals surface area contributed by atoms with E-state index >= 15 is 0 Å². The van der Waals surface area contributed by atoms with E-state index in [0.717, 1.165) is 13.0 Å². The molecule has 5 heteroatoms. The molecule has 0 radical (unpaired) electrons. The molecular weight excluding hydrogens is 256 g/mol. The van der Waals surface area contributed by atoms with Crippen molar-refractivity contribution in [3.8, 4) is 0 Å². The molecule has 1 amide bonds. The number of hydrogen-bond donors (Lipinski definition) is 2. The van der Waals surface area contributed by atoms with Crippen LogP contribution in [0.2, 0.25) is 0 Å². The fraction of sp³-hybridized carbons (Fsp3) is 0.867. The van der Waals surface area contributed by atoms with E-state index in [9.17, 15) is 9.59 Å². The van der Waals surface area contributed by atoms with Crippen LogP contribution >= 0.6 is 0 Å². The Morgan fingerprint density at radius 2 is 1.80 bits per heavy atom. The Labute approximate surface area is 121 Å². The van der Waals surface area contributed by atoms with Crippen LogP contribution in [0.4, 0.5) is 0 Å². The van der Waals surface area contributed by atoms with Crippen LogP contribution < -0.4 is 5.32 Å². The van der Waals surface area contributed by atoms with Crippen LogP contribution in [-0.2, 0) is 9.59 Å². The molecule has 0 aromatic carbocycles. The largest absolute Gasteiger partial charge is 0.481 e. The number of carboxylic acids is 1. The van der Waals surface area contributed by atoms with Crippen molar-refractivity contribution in [2.45, 2.75) is 52.4 Å². The molecule has 20 heavy (non-hydrogen) atoms. The van der Waals surface area contributed by atoms with Crippen LogP contribution in [0.15, 0.2) is 0 Å². The molecule has 5 nitrogen and oxygen atoms in total. The van der Waals surface area contributed by atoms with Gasteiger partial charge in [0.25, 0.3) is 0 Å². The van der Waals surface area contributed by atoms with Crippen molar-refractivity contribution in [1.82, 2.24) is 10.2 Å². The van der Waals surface area contributed by atoms with Crippen molar-refractivity contribution in [3.05, 3.63) is 0 Å². The zero-order valence-electron chi connectivity index (χ0n) is 12.8. The van der Waals surface area contributed by atoms with E-state index in [4.69, 9.17) is 5.11 Å². The van der Waals surface area contributed by atoms with E-state index in [2.05, 4.69) is 10.2 Å². The maximum absolute atomic E-state index is 11.8. The van der Waals surface area contributed by atoms with Gasteiger partial charge in [0.2, 0.25) is 5.91 Å². The maximum Gasteiger partial charge on any atom is 0.303 e. The summed E-state index contributed by atoms with van der Waals surface area (Å²) in [6.07, 6.45) is 5.17. The van der Waals surface area contributed by atoms with E-state index in [1.165, 1.54) is 32.4 Å². The lowest BCUT2D eigenvalue weighted by molar-refractivity contribution is -0.139. The summed E-state index contributed by atoms with van der Waals surface area (Å²) in [7, 11) is 0. The lowest BCUT2D eigenvalue weighted by Gasteiger charge is -2.26. The summed E-state index contributed by atoms with van der Waals surface area (Å²) in [4.78, 5) is 24.9. The Bertz CT molecular complexity index is 323. The average molecular weight is 284 g/mol. The fourth-order valence-electron chi connectivity index (χ4n) is 2.68. The number of amides is 1. The zero-order chi connectivity index (χ0) is 15.0. The second-order valence-electron chi connectivity index (χ2n) is 6.52. The monoisotopic (exact) mass is 284 g/mol. The van der Waals surface area contributed by atoms with Gasteiger partial charge in [-0.15, -0.1) is 0 Å². The molecular formula is C15H28N2O3. The average Bonchev–Trinajstić information content (AvgIpc) is 2.33. The van der Waals surface area contributed by atoms with Crippen LogP contribution in [0, 0.1) is 5.41 Å². The highest BCUT2D eigenvalue weighted by molar-refractivity contribution is 5.77. The Morgan fingerprint density at radius 1 is 1.15 bits per heavy atom. The number of aliphatic carboxylic acids is 1. The third-order valence-electron chi connectivity index (χ3n) is 3.69. The van der Waals surface area contributed by atoms with Gasteiger partial charge in [-0.1, -0.05) is 20.3 Å². The first-order valence-electron chi connectivity index (χ1n) is 7.60. The first kappa shape index (κ1) is 17.0. The molecule has 0 unspecified atom stereocenters. The normalized spacial score (nSPS) is 16.9. The lowest BCUT2D eigenvalue weighted by Crippen LogP contribution is -2.34. The van der Waals surface area contributed by atoms with Crippen molar-refractivity contribution in [1.29, 1.82) is 0 Å². The molecule has 1 fully saturated rings. The number of carboxylic acid groups (broad SMARTS) is 1. The van der Waals surface area contributed by atoms with E-state index in [-0.39, 0.29) is 18.7 Å². The molecule has 0 atom stereocenters. The van der Waals surface area contributed by atoms with Crippen molar-refractivity contribution >= 4 is 11.9 Å². The van der Waals surface area contributed by atoms with Gasteiger partial charge in [0.15, 0.2) is 0 Å². The standard InChI is InChI=1S/C15H28N2O3/c1-15(2,12-14(19)20)11-13(18)16-7-6-10-17-8-4-3-5-9-17/h3-12H2,1-2H3,(H,16,18)(H,19,20). The molecule has 2 N–H and O–H groups in total. The highest BCUT2D eigenvalue weighted by Gasteiger charge is 2.24. The SMILES string of the molecule is CC(C)(CC(=O)O)CC(=O)NCCCN1CCCCC1. The first-order chi connectivity index (χ1) is 9.39.